The van der Waals surface area contributed by atoms with Crippen molar-refractivity contribution in [2.75, 3.05) is 0 Å². The van der Waals surface area contributed by atoms with Gasteiger partial charge in [-0.05, 0) is 30.5 Å². The lowest BCUT2D eigenvalue weighted by atomic mass is 10.0. The fourth-order valence-electron chi connectivity index (χ4n) is 1.81. The molecule has 1 heterocycles. The van der Waals surface area contributed by atoms with Gasteiger partial charge in [-0.15, -0.1) is 0 Å². The highest BCUT2D eigenvalue weighted by Gasteiger charge is 2.20. The van der Waals surface area contributed by atoms with E-state index in [0.717, 1.165) is 11.6 Å². The molecule has 3 nitrogen and oxygen atoms in total. The number of ether oxygens (including phenoxy) is 1. The van der Waals surface area contributed by atoms with Gasteiger partial charge in [0.2, 0.25) is 0 Å². The minimum absolute atomic E-state index is 0.0605. The van der Waals surface area contributed by atoms with Crippen molar-refractivity contribution in [3.05, 3.63) is 47.5 Å². The number of aliphatic hydroxyl groups is 1. The maximum absolute atomic E-state index is 12.7. The van der Waals surface area contributed by atoms with Gasteiger partial charge in [-0.3, -0.25) is 0 Å². The maximum Gasteiger partial charge on any atom is 0.334 e. The first-order chi connectivity index (χ1) is 8.13. The van der Waals surface area contributed by atoms with Crippen LogP contribution in [0.5, 0.6) is 0 Å². The van der Waals surface area contributed by atoms with Crippen LogP contribution in [0.15, 0.2) is 36.1 Å². The molecule has 1 N–H and O–H groups in total. The van der Waals surface area contributed by atoms with Crippen molar-refractivity contribution in [1.29, 1.82) is 0 Å². The largest absolute Gasteiger partial charge is 0.512 e. The van der Waals surface area contributed by atoms with E-state index in [-0.39, 0.29) is 17.7 Å². The lowest BCUT2D eigenvalue weighted by molar-refractivity contribution is -0.145. The van der Waals surface area contributed by atoms with Gasteiger partial charge in [-0.2, -0.15) is 0 Å². The van der Waals surface area contributed by atoms with Crippen LogP contribution in [-0.4, -0.2) is 17.2 Å². The Morgan fingerprint density at radius 3 is 2.71 bits per heavy atom. The molecule has 0 bridgehead atoms. The fraction of sp³-hybridized carbons (Fsp3) is 0.308. The topological polar surface area (TPSA) is 46.5 Å². The smallest absolute Gasteiger partial charge is 0.334 e. The quantitative estimate of drug-likeness (QED) is 0.820. The predicted octanol–water partition coefficient (Wildman–Crippen LogP) is 2.52. The Balaban J connectivity index is 1.88. The van der Waals surface area contributed by atoms with Crippen molar-refractivity contribution in [1.82, 2.24) is 0 Å². The van der Waals surface area contributed by atoms with Gasteiger partial charge in [0.1, 0.15) is 17.7 Å². The molecule has 0 amide bonds. The Kier molecular flexibility index (Phi) is 3.42. The number of benzene rings is 1. The molecule has 0 radical (unpaired) electrons. The van der Waals surface area contributed by atoms with E-state index in [1.165, 1.54) is 12.1 Å². The molecule has 1 atom stereocenters. The Morgan fingerprint density at radius 2 is 2.06 bits per heavy atom. The Morgan fingerprint density at radius 1 is 1.35 bits per heavy atom. The second kappa shape index (κ2) is 4.99. The highest BCUT2D eigenvalue weighted by Crippen LogP contribution is 2.18. The van der Waals surface area contributed by atoms with Crippen molar-refractivity contribution in [3.8, 4) is 0 Å². The molecular weight excluding hydrogens is 223 g/mol. The average Bonchev–Trinajstić information content (AvgIpc) is 2.27. The Hall–Kier alpha value is -1.84. The van der Waals surface area contributed by atoms with E-state index < -0.39 is 5.97 Å². The number of hydrogen-bond donors (Lipinski definition) is 1. The van der Waals surface area contributed by atoms with E-state index in [1.54, 1.807) is 12.1 Å². The van der Waals surface area contributed by atoms with Crippen LogP contribution in [0, 0.1) is 5.82 Å². The molecule has 0 spiro atoms. The summed E-state index contributed by atoms with van der Waals surface area (Å²) in [4.78, 5) is 11.0. The van der Waals surface area contributed by atoms with Crippen molar-refractivity contribution in [2.24, 2.45) is 0 Å². The second-order valence-electron chi connectivity index (χ2n) is 4.06. The number of carbonyl (C=O) groups is 1. The molecule has 0 fully saturated rings. The number of esters is 1. The molecule has 1 unspecified atom stereocenters. The summed E-state index contributed by atoms with van der Waals surface area (Å²) in [6, 6.07) is 6.21. The molecule has 2 rings (SSSR count). The third kappa shape index (κ3) is 3.31. The highest BCUT2D eigenvalue weighted by molar-refractivity contribution is 5.83. The van der Waals surface area contributed by atoms with Crippen molar-refractivity contribution >= 4 is 5.97 Å². The summed E-state index contributed by atoms with van der Waals surface area (Å²) in [5, 5.41) is 9.29. The lowest BCUT2D eigenvalue weighted by Crippen LogP contribution is -2.23. The predicted molar refractivity (Wildman–Crippen MR) is 59.9 cm³/mol. The molecule has 90 valence electrons. The summed E-state index contributed by atoms with van der Waals surface area (Å²) in [6.45, 7) is 0. The van der Waals surface area contributed by atoms with Crippen LogP contribution in [0.3, 0.4) is 0 Å². The molecule has 0 aliphatic carbocycles. The summed E-state index contributed by atoms with van der Waals surface area (Å²) < 4.78 is 17.7. The van der Waals surface area contributed by atoms with Crippen LogP contribution in [0.4, 0.5) is 4.39 Å². The first kappa shape index (κ1) is 11.6. The molecule has 1 aliphatic rings. The van der Waals surface area contributed by atoms with Crippen LogP contribution in [-0.2, 0) is 16.0 Å². The molecule has 17 heavy (non-hydrogen) atoms. The Bertz CT molecular complexity index is 436. The third-order valence-electron chi connectivity index (χ3n) is 2.67. The number of hydrogen-bond acceptors (Lipinski definition) is 3. The monoisotopic (exact) mass is 236 g/mol. The van der Waals surface area contributed by atoms with Gasteiger partial charge >= 0.3 is 5.97 Å². The van der Waals surface area contributed by atoms with Crippen LogP contribution in [0.2, 0.25) is 0 Å². The first-order valence-corrected chi connectivity index (χ1v) is 5.48. The van der Waals surface area contributed by atoms with Crippen LogP contribution in [0.25, 0.3) is 0 Å². The van der Waals surface area contributed by atoms with Gasteiger partial charge in [-0.1, -0.05) is 12.1 Å². The first-order valence-electron chi connectivity index (χ1n) is 5.48. The molecule has 0 aromatic heterocycles. The zero-order valence-corrected chi connectivity index (χ0v) is 9.23. The number of aliphatic hydroxyl groups excluding tert-OH is 1. The van der Waals surface area contributed by atoms with Crippen LogP contribution in [0.1, 0.15) is 18.4 Å². The van der Waals surface area contributed by atoms with E-state index in [1.807, 2.05) is 0 Å². The van der Waals surface area contributed by atoms with E-state index in [0.29, 0.717) is 19.3 Å². The maximum atomic E-state index is 12.7. The molecule has 0 saturated carbocycles. The zero-order chi connectivity index (χ0) is 12.3. The van der Waals surface area contributed by atoms with Gasteiger partial charge in [0.05, 0.1) is 6.08 Å². The van der Waals surface area contributed by atoms with Gasteiger partial charge in [-0.25, -0.2) is 9.18 Å². The third-order valence-corrected chi connectivity index (χ3v) is 2.67. The molecule has 1 aromatic rings. The van der Waals surface area contributed by atoms with Crippen molar-refractivity contribution < 1.29 is 19.0 Å². The van der Waals surface area contributed by atoms with Crippen molar-refractivity contribution in [3.63, 3.8) is 0 Å². The number of halogens is 1. The molecule has 0 saturated heterocycles. The van der Waals surface area contributed by atoms with Crippen LogP contribution < -0.4 is 0 Å². The molecule has 1 aliphatic heterocycles. The lowest BCUT2D eigenvalue weighted by Gasteiger charge is -2.20. The fourth-order valence-corrected chi connectivity index (χ4v) is 1.81. The number of rotatable bonds is 3. The van der Waals surface area contributed by atoms with E-state index in [4.69, 9.17) is 4.74 Å². The normalized spacial score (nSPS) is 19.7. The van der Waals surface area contributed by atoms with E-state index in [9.17, 15) is 14.3 Å². The van der Waals surface area contributed by atoms with Crippen LogP contribution >= 0.6 is 0 Å². The highest BCUT2D eigenvalue weighted by atomic mass is 19.1. The minimum atomic E-state index is -0.502. The SMILES string of the molecule is O=C1C=C(O)CC(CCc2ccc(F)cc2)O1. The van der Waals surface area contributed by atoms with E-state index in [2.05, 4.69) is 0 Å². The Labute approximate surface area is 98.5 Å². The van der Waals surface area contributed by atoms with Crippen molar-refractivity contribution in [2.45, 2.75) is 25.4 Å². The molecule has 1 aromatic carbocycles. The molecule has 4 heteroatoms. The number of aryl methyl sites for hydroxylation is 1. The standard InChI is InChI=1S/C13H13FO3/c14-10-4-1-9(2-5-10)3-6-12-7-11(15)8-13(16)17-12/h1-2,4-5,8,12,15H,3,6-7H2. The number of cyclic esters (lactones) is 1. The summed E-state index contributed by atoms with van der Waals surface area (Å²) in [5.41, 5.74) is 0.983. The average molecular weight is 236 g/mol. The summed E-state index contributed by atoms with van der Waals surface area (Å²) in [7, 11) is 0. The molecular formula is C13H13FO3. The summed E-state index contributed by atoms with van der Waals surface area (Å²) in [6.07, 6.45) is 2.46. The summed E-state index contributed by atoms with van der Waals surface area (Å²) in [5.74, 6) is -0.707. The van der Waals surface area contributed by atoms with E-state index >= 15 is 0 Å². The van der Waals surface area contributed by atoms with Gasteiger partial charge in [0.25, 0.3) is 0 Å². The number of carbonyl (C=O) groups excluding carboxylic acids is 1. The van der Waals surface area contributed by atoms with Gasteiger partial charge in [0, 0.05) is 6.42 Å². The zero-order valence-electron chi connectivity index (χ0n) is 9.23. The van der Waals surface area contributed by atoms with Gasteiger partial charge in [0.15, 0.2) is 0 Å². The summed E-state index contributed by atoms with van der Waals surface area (Å²) >= 11 is 0. The second-order valence-corrected chi connectivity index (χ2v) is 4.06. The minimum Gasteiger partial charge on any atom is -0.512 e. The van der Waals surface area contributed by atoms with Gasteiger partial charge < -0.3 is 9.84 Å².